The van der Waals surface area contributed by atoms with Crippen LogP contribution in [0.1, 0.15) is 5.56 Å². The van der Waals surface area contributed by atoms with Crippen LogP contribution in [0.15, 0.2) is 46.1 Å². The fraction of sp³-hybridized carbons (Fsp3) is 0. The predicted octanol–water partition coefficient (Wildman–Crippen LogP) is 2.71. The molecular weight excluding hydrogens is 260 g/mol. The molecule has 6 heteroatoms. The summed E-state index contributed by atoms with van der Waals surface area (Å²) in [5.41, 5.74) is 2.12. The van der Waals surface area contributed by atoms with Gasteiger partial charge in [-0.1, -0.05) is 10.3 Å². The number of aromatic nitrogens is 1. The maximum absolute atomic E-state index is 9.49. The third-order valence-corrected chi connectivity index (χ3v) is 2.94. The maximum atomic E-state index is 9.49. The average molecular weight is 270 g/mol. The molecule has 1 heterocycles. The number of phenolic OH excluding ortho intramolecular Hbond substituents is 2. The molecular formula is C14H10N2O4. The van der Waals surface area contributed by atoms with E-state index in [4.69, 9.17) is 9.73 Å². The Morgan fingerprint density at radius 2 is 1.80 bits per heavy atom. The summed E-state index contributed by atoms with van der Waals surface area (Å²) in [7, 11) is 0. The Balaban J connectivity index is 2.25. The Morgan fingerprint density at radius 1 is 1.05 bits per heavy atom. The zero-order valence-corrected chi connectivity index (χ0v) is 10.2. The van der Waals surface area contributed by atoms with E-state index in [1.807, 2.05) is 0 Å². The van der Waals surface area contributed by atoms with Gasteiger partial charge in [-0.15, -0.1) is 0 Å². The van der Waals surface area contributed by atoms with Crippen molar-refractivity contribution in [2.75, 3.05) is 0 Å². The van der Waals surface area contributed by atoms with Crippen molar-refractivity contribution in [3.05, 3.63) is 42.0 Å². The Bertz CT molecular complexity index is 808. The largest absolute Gasteiger partial charge is 0.508 e. The summed E-state index contributed by atoms with van der Waals surface area (Å²) in [5.74, 6) is 0.136. The zero-order valence-electron chi connectivity index (χ0n) is 10.2. The fourth-order valence-electron chi connectivity index (χ4n) is 2.06. The molecule has 3 aromatic rings. The molecule has 0 aliphatic rings. The van der Waals surface area contributed by atoms with Crippen LogP contribution in [0.3, 0.4) is 0 Å². The van der Waals surface area contributed by atoms with Gasteiger partial charge >= 0.3 is 0 Å². The van der Waals surface area contributed by atoms with Gasteiger partial charge in [0.1, 0.15) is 17.2 Å². The molecule has 100 valence electrons. The molecule has 0 radical (unpaired) electrons. The molecule has 0 saturated heterocycles. The lowest BCUT2D eigenvalue weighted by atomic mass is 10.0. The van der Waals surface area contributed by atoms with Crippen molar-refractivity contribution in [1.82, 2.24) is 5.16 Å². The summed E-state index contributed by atoms with van der Waals surface area (Å²) in [4.78, 5) is 0. The Hall–Kier alpha value is -3.02. The topological polar surface area (TPSA) is 99.1 Å². The molecule has 20 heavy (non-hydrogen) atoms. The first-order valence-electron chi connectivity index (χ1n) is 5.78. The lowest BCUT2D eigenvalue weighted by molar-refractivity contribution is 0.322. The van der Waals surface area contributed by atoms with Gasteiger partial charge in [-0.25, -0.2) is 0 Å². The van der Waals surface area contributed by atoms with Crippen LogP contribution in [0.5, 0.6) is 11.5 Å². The van der Waals surface area contributed by atoms with E-state index < -0.39 is 0 Å². The number of rotatable bonds is 2. The van der Waals surface area contributed by atoms with Crippen LogP contribution < -0.4 is 0 Å². The van der Waals surface area contributed by atoms with Crippen molar-refractivity contribution < 1.29 is 19.9 Å². The molecule has 1 aromatic heterocycles. The predicted molar refractivity (Wildman–Crippen MR) is 72.2 cm³/mol. The number of oxime groups is 1. The quantitative estimate of drug-likeness (QED) is 0.378. The molecule has 0 aliphatic heterocycles. The first-order valence-corrected chi connectivity index (χ1v) is 5.78. The van der Waals surface area contributed by atoms with Gasteiger partial charge in [0.15, 0.2) is 5.58 Å². The second-order valence-electron chi connectivity index (χ2n) is 4.23. The van der Waals surface area contributed by atoms with Crippen LogP contribution in [0.4, 0.5) is 0 Å². The minimum Gasteiger partial charge on any atom is -0.508 e. The number of hydrogen-bond acceptors (Lipinski definition) is 6. The highest BCUT2D eigenvalue weighted by molar-refractivity contribution is 5.98. The van der Waals surface area contributed by atoms with E-state index in [1.54, 1.807) is 12.1 Å². The van der Waals surface area contributed by atoms with E-state index in [9.17, 15) is 10.2 Å². The molecule has 2 aromatic carbocycles. The van der Waals surface area contributed by atoms with Crippen LogP contribution in [-0.4, -0.2) is 26.8 Å². The van der Waals surface area contributed by atoms with Crippen molar-refractivity contribution in [3.8, 4) is 22.8 Å². The highest BCUT2D eigenvalue weighted by Gasteiger charge is 2.14. The molecule has 3 rings (SSSR count). The van der Waals surface area contributed by atoms with Gasteiger partial charge in [0.05, 0.1) is 6.21 Å². The van der Waals surface area contributed by atoms with E-state index >= 15 is 0 Å². The van der Waals surface area contributed by atoms with Crippen molar-refractivity contribution in [2.45, 2.75) is 0 Å². The minimum absolute atomic E-state index is 0.0501. The number of hydrogen-bond donors (Lipinski definition) is 3. The smallest absolute Gasteiger partial charge is 0.171 e. The van der Waals surface area contributed by atoms with Gasteiger partial charge in [-0.3, -0.25) is 0 Å². The van der Waals surface area contributed by atoms with Crippen LogP contribution >= 0.6 is 0 Å². The fourth-order valence-corrected chi connectivity index (χ4v) is 2.06. The highest BCUT2D eigenvalue weighted by atomic mass is 16.5. The van der Waals surface area contributed by atoms with Crippen LogP contribution in [0.2, 0.25) is 0 Å². The van der Waals surface area contributed by atoms with E-state index in [-0.39, 0.29) is 11.5 Å². The van der Waals surface area contributed by atoms with Gasteiger partial charge in [0, 0.05) is 22.6 Å². The number of phenols is 2. The van der Waals surface area contributed by atoms with E-state index in [2.05, 4.69) is 10.3 Å². The molecule has 3 N–H and O–H groups in total. The van der Waals surface area contributed by atoms with Crippen LogP contribution in [-0.2, 0) is 0 Å². The van der Waals surface area contributed by atoms with E-state index in [1.165, 1.54) is 30.5 Å². The summed E-state index contributed by atoms with van der Waals surface area (Å²) in [6.07, 6.45) is 1.20. The third kappa shape index (κ3) is 1.93. The van der Waals surface area contributed by atoms with Crippen LogP contribution in [0, 0.1) is 0 Å². The average Bonchev–Trinajstić information content (AvgIpc) is 2.82. The number of fused-ring (bicyclic) bond motifs is 1. The molecule has 0 aliphatic carbocycles. The standard InChI is InChI=1S/C14H10N2O4/c17-9-1-3-11(8(5-9)7-15-19)14-12-4-2-10(18)6-13(12)20-16-14/h1-7,17-19H/b15-7+. The van der Waals surface area contributed by atoms with Gasteiger partial charge in [0.2, 0.25) is 0 Å². The first-order chi connectivity index (χ1) is 9.69. The summed E-state index contributed by atoms with van der Waals surface area (Å²) in [6, 6.07) is 9.29. The molecule has 0 amide bonds. The minimum atomic E-state index is 0.0501. The summed E-state index contributed by atoms with van der Waals surface area (Å²) < 4.78 is 5.17. The number of aromatic hydroxyl groups is 2. The second kappa shape index (κ2) is 4.58. The van der Waals surface area contributed by atoms with E-state index in [0.717, 1.165) is 0 Å². The normalized spacial score (nSPS) is 11.4. The zero-order chi connectivity index (χ0) is 14.1. The SMILES string of the molecule is O/N=C/c1cc(O)ccc1-c1noc2cc(O)ccc12. The molecule has 0 bridgehead atoms. The van der Waals surface area contributed by atoms with E-state index in [0.29, 0.717) is 27.8 Å². The van der Waals surface area contributed by atoms with Crippen molar-refractivity contribution in [3.63, 3.8) is 0 Å². The first kappa shape index (κ1) is 12.0. The summed E-state index contributed by atoms with van der Waals surface area (Å²) in [6.45, 7) is 0. The summed E-state index contributed by atoms with van der Waals surface area (Å²) >= 11 is 0. The van der Waals surface area contributed by atoms with Gasteiger partial charge in [-0.2, -0.15) is 0 Å². The molecule has 0 spiro atoms. The highest BCUT2D eigenvalue weighted by Crippen LogP contribution is 2.32. The Kier molecular flexibility index (Phi) is 2.76. The molecule has 0 fully saturated rings. The monoisotopic (exact) mass is 270 g/mol. The molecule has 0 atom stereocenters. The van der Waals surface area contributed by atoms with Gasteiger partial charge in [0.25, 0.3) is 0 Å². The maximum Gasteiger partial charge on any atom is 0.171 e. The number of benzene rings is 2. The van der Waals surface area contributed by atoms with Crippen molar-refractivity contribution in [1.29, 1.82) is 0 Å². The second-order valence-corrected chi connectivity index (χ2v) is 4.23. The molecule has 0 unspecified atom stereocenters. The van der Waals surface area contributed by atoms with Crippen molar-refractivity contribution >= 4 is 17.2 Å². The number of nitrogens with zero attached hydrogens (tertiary/aromatic N) is 2. The molecule has 6 nitrogen and oxygen atoms in total. The van der Waals surface area contributed by atoms with Gasteiger partial charge < -0.3 is 19.9 Å². The third-order valence-electron chi connectivity index (χ3n) is 2.94. The molecule has 0 saturated carbocycles. The Morgan fingerprint density at radius 3 is 2.60 bits per heavy atom. The van der Waals surface area contributed by atoms with Crippen LogP contribution in [0.25, 0.3) is 22.2 Å². The lowest BCUT2D eigenvalue weighted by Gasteiger charge is -2.03. The van der Waals surface area contributed by atoms with Crippen molar-refractivity contribution in [2.24, 2.45) is 5.16 Å². The summed E-state index contributed by atoms with van der Waals surface area (Å²) in [5, 5.41) is 35.2. The lowest BCUT2D eigenvalue weighted by Crippen LogP contribution is -1.89. The van der Waals surface area contributed by atoms with Gasteiger partial charge in [-0.05, 0) is 30.3 Å². The Labute approximate surface area is 113 Å².